The zero-order valence-corrected chi connectivity index (χ0v) is 19.4. The topological polar surface area (TPSA) is 91.3 Å². The Morgan fingerprint density at radius 2 is 1.34 bits per heavy atom. The van der Waals surface area contributed by atoms with Gasteiger partial charge in [-0.25, -0.2) is 9.59 Å². The SMILES string of the molecule is CC[C@H]1O[C@](O)(COCc2ccccc2)C(OC(=O)c2ccccc2)[C@@H]1OC(=O)c1ccccc1. The van der Waals surface area contributed by atoms with Crippen molar-refractivity contribution in [2.24, 2.45) is 0 Å². The predicted molar refractivity (Wildman–Crippen MR) is 128 cm³/mol. The molecule has 0 aromatic heterocycles. The molecule has 7 heteroatoms. The van der Waals surface area contributed by atoms with Gasteiger partial charge in [-0.05, 0) is 36.2 Å². The maximum Gasteiger partial charge on any atom is 0.338 e. The number of ether oxygens (including phenoxy) is 4. The number of carbonyl (C=O) groups is 2. The van der Waals surface area contributed by atoms with Crippen LogP contribution in [-0.4, -0.2) is 47.8 Å². The molecule has 0 saturated carbocycles. The number of hydrogen-bond donors (Lipinski definition) is 1. The molecular formula is C28H28O7. The van der Waals surface area contributed by atoms with Gasteiger partial charge in [0.1, 0.15) is 12.7 Å². The van der Waals surface area contributed by atoms with Gasteiger partial charge in [0.05, 0.1) is 17.7 Å². The Morgan fingerprint density at radius 1 is 0.829 bits per heavy atom. The van der Waals surface area contributed by atoms with Gasteiger partial charge in [0, 0.05) is 0 Å². The fourth-order valence-corrected chi connectivity index (χ4v) is 3.99. The van der Waals surface area contributed by atoms with Gasteiger partial charge < -0.3 is 24.1 Å². The van der Waals surface area contributed by atoms with Crippen LogP contribution in [0.5, 0.6) is 0 Å². The first-order valence-electron chi connectivity index (χ1n) is 11.5. The Balaban J connectivity index is 1.56. The van der Waals surface area contributed by atoms with Crippen LogP contribution < -0.4 is 0 Å². The highest BCUT2D eigenvalue weighted by molar-refractivity contribution is 5.90. The fraction of sp³-hybridized carbons (Fsp3) is 0.286. The first kappa shape index (κ1) is 24.6. The molecule has 7 nitrogen and oxygen atoms in total. The molecule has 3 aromatic rings. The van der Waals surface area contributed by atoms with Gasteiger partial charge in [-0.1, -0.05) is 73.7 Å². The van der Waals surface area contributed by atoms with Crippen molar-refractivity contribution in [3.05, 3.63) is 108 Å². The monoisotopic (exact) mass is 476 g/mol. The van der Waals surface area contributed by atoms with E-state index in [1.165, 1.54) is 0 Å². The molecule has 0 aliphatic carbocycles. The third-order valence-electron chi connectivity index (χ3n) is 5.78. The summed E-state index contributed by atoms with van der Waals surface area (Å²) in [5.74, 6) is -3.28. The maximum absolute atomic E-state index is 12.9. The van der Waals surface area contributed by atoms with E-state index in [0.29, 0.717) is 17.5 Å². The molecule has 1 N–H and O–H groups in total. The molecule has 1 aliphatic heterocycles. The minimum Gasteiger partial charge on any atom is -0.452 e. The van der Waals surface area contributed by atoms with E-state index in [4.69, 9.17) is 18.9 Å². The maximum atomic E-state index is 12.9. The molecule has 0 bridgehead atoms. The molecule has 1 unspecified atom stereocenters. The fourth-order valence-electron chi connectivity index (χ4n) is 3.99. The van der Waals surface area contributed by atoms with Crippen LogP contribution in [0.3, 0.4) is 0 Å². The molecule has 0 spiro atoms. The average Bonchev–Trinajstić information content (AvgIpc) is 3.16. The molecule has 35 heavy (non-hydrogen) atoms. The second-order valence-electron chi connectivity index (χ2n) is 8.32. The second kappa shape index (κ2) is 11.3. The summed E-state index contributed by atoms with van der Waals surface area (Å²) >= 11 is 0. The second-order valence-corrected chi connectivity index (χ2v) is 8.32. The van der Waals surface area contributed by atoms with Crippen LogP contribution >= 0.6 is 0 Å². The molecule has 1 fully saturated rings. The van der Waals surface area contributed by atoms with E-state index in [1.807, 2.05) is 37.3 Å². The average molecular weight is 477 g/mol. The molecule has 1 aliphatic rings. The minimum atomic E-state index is -2.01. The summed E-state index contributed by atoms with van der Waals surface area (Å²) in [6.07, 6.45) is -2.64. The summed E-state index contributed by atoms with van der Waals surface area (Å²) in [4.78, 5) is 25.8. The lowest BCUT2D eigenvalue weighted by atomic mass is 10.0. The van der Waals surface area contributed by atoms with E-state index in [0.717, 1.165) is 5.56 Å². The van der Waals surface area contributed by atoms with Crippen molar-refractivity contribution in [2.75, 3.05) is 6.61 Å². The van der Waals surface area contributed by atoms with Crippen molar-refractivity contribution in [3.8, 4) is 0 Å². The molecular weight excluding hydrogens is 448 g/mol. The van der Waals surface area contributed by atoms with Crippen LogP contribution in [0.15, 0.2) is 91.0 Å². The van der Waals surface area contributed by atoms with Gasteiger partial charge in [0.15, 0.2) is 12.2 Å². The lowest BCUT2D eigenvalue weighted by Gasteiger charge is -2.29. The highest BCUT2D eigenvalue weighted by Crippen LogP contribution is 2.36. The Bertz CT molecular complexity index is 1100. The Labute approximate surface area is 204 Å². The lowest BCUT2D eigenvalue weighted by molar-refractivity contribution is -0.254. The van der Waals surface area contributed by atoms with Gasteiger partial charge in [-0.15, -0.1) is 0 Å². The van der Waals surface area contributed by atoms with Crippen molar-refractivity contribution >= 4 is 11.9 Å². The van der Waals surface area contributed by atoms with E-state index in [9.17, 15) is 14.7 Å². The first-order valence-corrected chi connectivity index (χ1v) is 11.5. The highest BCUT2D eigenvalue weighted by atomic mass is 16.7. The molecule has 4 atom stereocenters. The zero-order chi connectivity index (χ0) is 24.7. The summed E-state index contributed by atoms with van der Waals surface area (Å²) in [6, 6.07) is 26.3. The predicted octanol–water partition coefficient (Wildman–Crippen LogP) is 4.15. The van der Waals surface area contributed by atoms with E-state index in [-0.39, 0.29) is 13.2 Å². The van der Waals surface area contributed by atoms with Crippen molar-refractivity contribution < 1.29 is 33.6 Å². The molecule has 3 aromatic carbocycles. The van der Waals surface area contributed by atoms with E-state index in [2.05, 4.69) is 0 Å². The zero-order valence-electron chi connectivity index (χ0n) is 19.4. The Morgan fingerprint density at radius 3 is 1.89 bits per heavy atom. The molecule has 4 rings (SSSR count). The number of benzene rings is 3. The van der Waals surface area contributed by atoms with E-state index < -0.39 is 36.0 Å². The normalized spacial score (nSPS) is 23.5. The molecule has 1 saturated heterocycles. The standard InChI is InChI=1S/C28H28O7/c1-2-23-24(33-26(29)21-14-8-4-9-15-21)25(34-27(30)22-16-10-5-11-17-22)28(31,35-23)19-32-18-20-12-6-3-7-13-20/h3-17,23-25,31H,2,18-19H2,1H3/t23-,24-,25?,28-/m1/s1. The van der Waals surface area contributed by atoms with Crippen LogP contribution in [-0.2, 0) is 25.6 Å². The quantitative estimate of drug-likeness (QED) is 0.464. The van der Waals surface area contributed by atoms with Gasteiger partial charge in [-0.3, -0.25) is 0 Å². The molecule has 0 radical (unpaired) electrons. The van der Waals surface area contributed by atoms with E-state index >= 15 is 0 Å². The van der Waals surface area contributed by atoms with Crippen LogP contribution in [0, 0.1) is 0 Å². The summed E-state index contributed by atoms with van der Waals surface area (Å²) in [6.45, 7) is 1.77. The number of carbonyl (C=O) groups excluding carboxylic acids is 2. The van der Waals surface area contributed by atoms with Gasteiger partial charge in [0.2, 0.25) is 5.79 Å². The summed E-state index contributed by atoms with van der Waals surface area (Å²) < 4.78 is 23.1. The first-order chi connectivity index (χ1) is 17.0. The number of aliphatic hydroxyl groups is 1. The van der Waals surface area contributed by atoms with Crippen LogP contribution in [0.1, 0.15) is 39.6 Å². The summed E-state index contributed by atoms with van der Waals surface area (Å²) in [5.41, 5.74) is 1.55. The van der Waals surface area contributed by atoms with Crippen molar-refractivity contribution in [3.63, 3.8) is 0 Å². The third kappa shape index (κ3) is 5.95. The lowest BCUT2D eigenvalue weighted by Crippen LogP contribution is -2.50. The largest absolute Gasteiger partial charge is 0.452 e. The van der Waals surface area contributed by atoms with E-state index in [1.54, 1.807) is 60.7 Å². The highest BCUT2D eigenvalue weighted by Gasteiger charge is 2.58. The third-order valence-corrected chi connectivity index (χ3v) is 5.78. The molecule has 1 heterocycles. The van der Waals surface area contributed by atoms with Crippen molar-refractivity contribution in [1.29, 1.82) is 0 Å². The van der Waals surface area contributed by atoms with Crippen LogP contribution in [0.4, 0.5) is 0 Å². The number of hydrogen-bond acceptors (Lipinski definition) is 7. The summed E-state index contributed by atoms with van der Waals surface area (Å²) in [7, 11) is 0. The summed E-state index contributed by atoms with van der Waals surface area (Å²) in [5, 5.41) is 11.5. The Hall–Kier alpha value is -3.52. The molecule has 182 valence electrons. The van der Waals surface area contributed by atoms with Crippen molar-refractivity contribution in [1.82, 2.24) is 0 Å². The number of esters is 2. The molecule has 0 amide bonds. The van der Waals surface area contributed by atoms with Crippen molar-refractivity contribution in [2.45, 2.75) is 44.1 Å². The smallest absolute Gasteiger partial charge is 0.338 e. The Kier molecular flexibility index (Phi) is 7.92. The van der Waals surface area contributed by atoms with Crippen LogP contribution in [0.25, 0.3) is 0 Å². The number of rotatable bonds is 9. The van der Waals surface area contributed by atoms with Crippen LogP contribution in [0.2, 0.25) is 0 Å². The van der Waals surface area contributed by atoms with Gasteiger partial charge >= 0.3 is 11.9 Å². The van der Waals surface area contributed by atoms with Gasteiger partial charge in [0.25, 0.3) is 0 Å². The van der Waals surface area contributed by atoms with Gasteiger partial charge in [-0.2, -0.15) is 0 Å². The minimum absolute atomic E-state index is 0.219.